The van der Waals surface area contributed by atoms with E-state index in [1.807, 2.05) is 0 Å². The van der Waals surface area contributed by atoms with E-state index in [0.717, 1.165) is 19.3 Å². The van der Waals surface area contributed by atoms with Crippen molar-refractivity contribution in [2.24, 2.45) is 0 Å². The average molecular weight is 221 g/mol. The number of halogens is 1. The lowest BCUT2D eigenvalue weighted by Crippen LogP contribution is -2.19. The molecule has 0 heterocycles. The van der Waals surface area contributed by atoms with Gasteiger partial charge in [-0.2, -0.15) is 0 Å². The number of rotatable bonds is 3. The molecule has 0 fully saturated rings. The number of ether oxygens (including phenoxy) is 1. The fourth-order valence-corrected chi connectivity index (χ4v) is 1.87. The van der Waals surface area contributed by atoms with E-state index in [0.29, 0.717) is 11.4 Å². The zero-order valence-electron chi connectivity index (χ0n) is 9.37. The third-order valence-corrected chi connectivity index (χ3v) is 2.77. The molecule has 2 rings (SSSR count). The van der Waals surface area contributed by atoms with Crippen LogP contribution < -0.4 is 10.1 Å². The third-order valence-electron chi connectivity index (χ3n) is 2.77. The summed E-state index contributed by atoms with van der Waals surface area (Å²) in [4.78, 5) is 0. The normalized spacial score (nSPS) is 19.5. The highest BCUT2D eigenvalue weighted by Crippen LogP contribution is 2.23. The van der Waals surface area contributed by atoms with Crippen LogP contribution in [0.5, 0.6) is 5.75 Å². The van der Waals surface area contributed by atoms with Crippen LogP contribution in [0.25, 0.3) is 0 Å². The number of hydrogen-bond donors (Lipinski definition) is 1. The lowest BCUT2D eigenvalue weighted by Gasteiger charge is -2.19. The molecule has 0 amide bonds. The van der Waals surface area contributed by atoms with Gasteiger partial charge in [0.2, 0.25) is 0 Å². The molecule has 86 valence electrons. The zero-order valence-corrected chi connectivity index (χ0v) is 9.37. The molecule has 0 aliphatic heterocycles. The van der Waals surface area contributed by atoms with Gasteiger partial charge in [0.05, 0.1) is 12.8 Å². The molecule has 0 spiro atoms. The zero-order chi connectivity index (χ0) is 11.4. The number of hydrogen-bond acceptors (Lipinski definition) is 2. The quantitative estimate of drug-likeness (QED) is 0.790. The highest BCUT2D eigenvalue weighted by atomic mass is 19.1. The molecule has 1 aromatic rings. The Morgan fingerprint density at radius 3 is 3.00 bits per heavy atom. The smallest absolute Gasteiger partial charge is 0.146 e. The van der Waals surface area contributed by atoms with Gasteiger partial charge in [-0.3, -0.25) is 0 Å². The monoisotopic (exact) mass is 221 g/mol. The van der Waals surface area contributed by atoms with Crippen LogP contribution in [0.1, 0.15) is 19.3 Å². The molecule has 1 aliphatic rings. The molecule has 16 heavy (non-hydrogen) atoms. The van der Waals surface area contributed by atoms with Crippen LogP contribution in [0, 0.1) is 5.82 Å². The molecule has 0 saturated carbocycles. The summed E-state index contributed by atoms with van der Waals surface area (Å²) in [7, 11) is 1.58. The predicted octanol–water partition coefficient (Wildman–Crippen LogP) is 3.35. The molecular formula is C13H16FNO. The lowest BCUT2D eigenvalue weighted by molar-refractivity contribution is 0.414. The Kier molecular flexibility index (Phi) is 3.44. The first-order valence-electron chi connectivity index (χ1n) is 5.56. The number of benzene rings is 1. The van der Waals surface area contributed by atoms with Crippen molar-refractivity contribution in [2.45, 2.75) is 25.3 Å². The fraction of sp³-hybridized carbons (Fsp3) is 0.385. The van der Waals surface area contributed by atoms with Crippen molar-refractivity contribution < 1.29 is 9.13 Å². The Morgan fingerprint density at radius 1 is 1.44 bits per heavy atom. The van der Waals surface area contributed by atoms with Gasteiger partial charge in [-0.15, -0.1) is 0 Å². The van der Waals surface area contributed by atoms with Gasteiger partial charge in [0.25, 0.3) is 0 Å². The number of anilines is 1. The molecule has 1 aromatic carbocycles. The van der Waals surface area contributed by atoms with Crippen LogP contribution in [0.2, 0.25) is 0 Å². The summed E-state index contributed by atoms with van der Waals surface area (Å²) in [5, 5.41) is 3.18. The Balaban J connectivity index is 2.13. The van der Waals surface area contributed by atoms with E-state index < -0.39 is 0 Å². The Bertz CT molecular complexity index is 390. The van der Waals surface area contributed by atoms with E-state index in [2.05, 4.69) is 17.5 Å². The second-order valence-electron chi connectivity index (χ2n) is 3.96. The Hall–Kier alpha value is -1.51. The van der Waals surface area contributed by atoms with E-state index in [9.17, 15) is 4.39 Å². The van der Waals surface area contributed by atoms with Crippen LogP contribution in [-0.2, 0) is 0 Å². The maximum atomic E-state index is 13.5. The van der Waals surface area contributed by atoms with Crippen LogP contribution in [0.4, 0.5) is 10.1 Å². The predicted molar refractivity (Wildman–Crippen MR) is 63.4 cm³/mol. The molecule has 0 saturated heterocycles. The Labute approximate surface area is 95.1 Å². The third kappa shape index (κ3) is 2.54. The van der Waals surface area contributed by atoms with E-state index in [1.54, 1.807) is 19.2 Å². The molecule has 1 aliphatic carbocycles. The summed E-state index contributed by atoms with van der Waals surface area (Å²) in [6.45, 7) is 0. The van der Waals surface area contributed by atoms with Crippen molar-refractivity contribution in [3.63, 3.8) is 0 Å². The molecule has 1 unspecified atom stereocenters. The summed E-state index contributed by atoms with van der Waals surface area (Å²) in [6.07, 6.45) is 7.56. The molecule has 1 atom stereocenters. The SMILES string of the molecule is COc1ccc(F)c(NC2C=CCCC2)c1. The number of allylic oxidation sites excluding steroid dienone is 1. The lowest BCUT2D eigenvalue weighted by atomic mass is 10.0. The highest BCUT2D eigenvalue weighted by Gasteiger charge is 2.11. The van der Waals surface area contributed by atoms with Crippen molar-refractivity contribution in [3.05, 3.63) is 36.2 Å². The van der Waals surface area contributed by atoms with Crippen molar-refractivity contribution in [1.82, 2.24) is 0 Å². The van der Waals surface area contributed by atoms with Gasteiger partial charge in [-0.25, -0.2) is 4.39 Å². The molecule has 0 radical (unpaired) electrons. The van der Waals surface area contributed by atoms with Gasteiger partial charge in [-0.1, -0.05) is 12.2 Å². The molecule has 0 aromatic heterocycles. The van der Waals surface area contributed by atoms with E-state index in [1.165, 1.54) is 6.07 Å². The van der Waals surface area contributed by atoms with Crippen molar-refractivity contribution in [2.75, 3.05) is 12.4 Å². The van der Waals surface area contributed by atoms with Crippen molar-refractivity contribution >= 4 is 5.69 Å². The first-order chi connectivity index (χ1) is 7.79. The molecule has 0 bridgehead atoms. The van der Waals surface area contributed by atoms with Crippen LogP contribution in [0.3, 0.4) is 0 Å². The molecule has 3 heteroatoms. The Morgan fingerprint density at radius 2 is 2.31 bits per heavy atom. The van der Waals surface area contributed by atoms with Gasteiger partial charge in [0, 0.05) is 12.1 Å². The van der Waals surface area contributed by atoms with Gasteiger partial charge < -0.3 is 10.1 Å². The maximum absolute atomic E-state index is 13.5. The standard InChI is InChI=1S/C13H16FNO/c1-16-11-7-8-12(14)13(9-11)15-10-5-3-2-4-6-10/h3,5,7-10,15H,2,4,6H2,1H3. The maximum Gasteiger partial charge on any atom is 0.146 e. The summed E-state index contributed by atoms with van der Waals surface area (Å²) in [5.41, 5.74) is 0.510. The van der Waals surface area contributed by atoms with Gasteiger partial charge in [0.15, 0.2) is 0 Å². The highest BCUT2D eigenvalue weighted by molar-refractivity contribution is 5.51. The summed E-state index contributed by atoms with van der Waals surface area (Å²) in [5.74, 6) is 0.434. The van der Waals surface area contributed by atoms with E-state index in [4.69, 9.17) is 4.74 Å². The van der Waals surface area contributed by atoms with Crippen LogP contribution in [0.15, 0.2) is 30.4 Å². The van der Waals surface area contributed by atoms with Gasteiger partial charge >= 0.3 is 0 Å². The minimum absolute atomic E-state index is 0.232. The fourth-order valence-electron chi connectivity index (χ4n) is 1.87. The number of nitrogens with one attached hydrogen (secondary N) is 1. The topological polar surface area (TPSA) is 21.3 Å². The summed E-state index contributed by atoms with van der Waals surface area (Å²) >= 11 is 0. The van der Waals surface area contributed by atoms with Crippen LogP contribution >= 0.6 is 0 Å². The summed E-state index contributed by atoms with van der Waals surface area (Å²) in [6, 6.07) is 4.97. The molecular weight excluding hydrogens is 205 g/mol. The van der Waals surface area contributed by atoms with Crippen LogP contribution in [-0.4, -0.2) is 13.2 Å². The van der Waals surface area contributed by atoms with Crippen molar-refractivity contribution in [1.29, 1.82) is 0 Å². The second-order valence-corrected chi connectivity index (χ2v) is 3.96. The minimum atomic E-state index is -0.236. The number of methoxy groups -OCH3 is 1. The van der Waals surface area contributed by atoms with E-state index >= 15 is 0 Å². The first kappa shape index (κ1) is 11.0. The van der Waals surface area contributed by atoms with E-state index in [-0.39, 0.29) is 11.9 Å². The summed E-state index contributed by atoms with van der Waals surface area (Å²) < 4.78 is 18.6. The molecule has 1 N–H and O–H groups in total. The minimum Gasteiger partial charge on any atom is -0.497 e. The molecule has 2 nitrogen and oxygen atoms in total. The van der Waals surface area contributed by atoms with Gasteiger partial charge in [-0.05, 0) is 31.4 Å². The largest absolute Gasteiger partial charge is 0.497 e. The average Bonchev–Trinajstić information content (AvgIpc) is 2.33. The van der Waals surface area contributed by atoms with Crippen molar-refractivity contribution in [3.8, 4) is 5.75 Å². The first-order valence-corrected chi connectivity index (χ1v) is 5.56. The second kappa shape index (κ2) is 5.01. The van der Waals surface area contributed by atoms with Gasteiger partial charge in [0.1, 0.15) is 11.6 Å².